The molecule has 9 nitrogen and oxygen atoms in total. The summed E-state index contributed by atoms with van der Waals surface area (Å²) >= 11 is 0. The molecule has 10 heteroatoms. The Morgan fingerprint density at radius 2 is 2.00 bits per heavy atom. The Morgan fingerprint density at radius 1 is 1.17 bits per heavy atom. The van der Waals surface area contributed by atoms with Gasteiger partial charge < -0.3 is 10.5 Å². The van der Waals surface area contributed by atoms with Gasteiger partial charge in [0.05, 0.1) is 23.4 Å². The van der Waals surface area contributed by atoms with E-state index >= 15 is 0 Å². The predicted octanol–water partition coefficient (Wildman–Crippen LogP) is 3.88. The molecule has 1 unspecified atom stereocenters. The van der Waals surface area contributed by atoms with Gasteiger partial charge in [0.1, 0.15) is 41.3 Å². The Labute approximate surface area is 199 Å². The first-order chi connectivity index (χ1) is 17.0. The fraction of sp³-hybridized carbons (Fsp3) is 0.240. The number of benzene rings is 2. The first-order valence-corrected chi connectivity index (χ1v) is 11.3. The van der Waals surface area contributed by atoms with Crippen LogP contribution in [0.2, 0.25) is 0 Å². The van der Waals surface area contributed by atoms with E-state index in [0.717, 1.165) is 18.4 Å². The highest BCUT2D eigenvalue weighted by Gasteiger charge is 2.32. The zero-order chi connectivity index (χ0) is 24.3. The number of fused-ring (bicyclic) bond motifs is 2. The van der Waals surface area contributed by atoms with Crippen molar-refractivity contribution in [3.63, 3.8) is 0 Å². The third-order valence-corrected chi connectivity index (χ3v) is 6.40. The van der Waals surface area contributed by atoms with E-state index in [1.165, 1.54) is 24.5 Å². The number of anilines is 1. The molecule has 1 saturated carbocycles. The number of nitrogens with zero attached hydrogens (tertiary/aromatic N) is 6. The van der Waals surface area contributed by atoms with E-state index in [1.807, 2.05) is 31.2 Å². The minimum Gasteiger partial charge on any atom is -0.497 e. The molecule has 0 bridgehead atoms. The first-order valence-electron chi connectivity index (χ1n) is 11.3. The number of hydrogen-bond donors (Lipinski definition) is 1. The lowest BCUT2D eigenvalue weighted by molar-refractivity contribution is 0.415. The number of nitrogen functional groups attached to an aromatic ring is 1. The number of hydrogen-bond acceptors (Lipinski definition) is 7. The van der Waals surface area contributed by atoms with Gasteiger partial charge in [-0.2, -0.15) is 5.10 Å². The monoisotopic (exact) mass is 471 g/mol. The quantitative estimate of drug-likeness (QED) is 0.414. The Kier molecular flexibility index (Phi) is 4.77. The Balaban J connectivity index is 1.59. The summed E-state index contributed by atoms with van der Waals surface area (Å²) in [5.74, 6) is 1.05. The van der Waals surface area contributed by atoms with Crippen molar-refractivity contribution in [2.24, 2.45) is 0 Å². The second-order valence-corrected chi connectivity index (χ2v) is 8.70. The van der Waals surface area contributed by atoms with Crippen LogP contribution in [0.15, 0.2) is 53.6 Å². The van der Waals surface area contributed by atoms with Crippen LogP contribution in [0.3, 0.4) is 0 Å². The summed E-state index contributed by atoms with van der Waals surface area (Å²) in [5, 5.41) is 5.75. The molecule has 0 amide bonds. The summed E-state index contributed by atoms with van der Waals surface area (Å²) < 4.78 is 22.7. The number of ether oxygens (including phenoxy) is 1. The topological polar surface area (TPSA) is 114 Å². The SMILES string of the molecule is COc1cccc(-c2nn(C(C)c3nc4ccc(F)cc4c(=O)n3C3CC3)c3ncnc(N)c23)c1. The molecule has 3 heterocycles. The van der Waals surface area contributed by atoms with Gasteiger partial charge in [-0.3, -0.25) is 9.36 Å². The van der Waals surface area contributed by atoms with Crippen molar-refractivity contribution in [2.75, 3.05) is 12.8 Å². The molecular weight excluding hydrogens is 449 g/mol. The third kappa shape index (κ3) is 3.40. The van der Waals surface area contributed by atoms with E-state index in [4.69, 9.17) is 20.6 Å². The lowest BCUT2D eigenvalue weighted by Gasteiger charge is -2.19. The highest BCUT2D eigenvalue weighted by Crippen LogP contribution is 2.38. The molecule has 176 valence electrons. The van der Waals surface area contributed by atoms with Crippen molar-refractivity contribution in [3.05, 3.63) is 70.8 Å². The van der Waals surface area contributed by atoms with Crippen LogP contribution in [-0.4, -0.2) is 36.4 Å². The second kappa shape index (κ2) is 7.86. The molecule has 0 radical (unpaired) electrons. The van der Waals surface area contributed by atoms with Crippen LogP contribution in [-0.2, 0) is 0 Å². The lowest BCUT2D eigenvalue weighted by atomic mass is 10.1. The molecule has 1 aliphatic carbocycles. The molecule has 0 aliphatic heterocycles. The molecule has 5 aromatic rings. The van der Waals surface area contributed by atoms with Gasteiger partial charge >= 0.3 is 0 Å². The summed E-state index contributed by atoms with van der Waals surface area (Å²) in [6, 6.07) is 11.1. The number of aromatic nitrogens is 6. The average molecular weight is 471 g/mol. The molecule has 1 atom stereocenters. The van der Waals surface area contributed by atoms with Crippen LogP contribution in [0, 0.1) is 5.82 Å². The molecule has 2 aromatic carbocycles. The Hall–Kier alpha value is -4.34. The molecule has 2 N–H and O–H groups in total. The highest BCUT2D eigenvalue weighted by atomic mass is 19.1. The summed E-state index contributed by atoms with van der Waals surface area (Å²) in [5.41, 5.74) is 8.39. The number of rotatable bonds is 5. The van der Waals surface area contributed by atoms with E-state index in [2.05, 4.69) is 9.97 Å². The third-order valence-electron chi connectivity index (χ3n) is 6.40. The van der Waals surface area contributed by atoms with Crippen LogP contribution >= 0.6 is 0 Å². The maximum atomic E-state index is 13.9. The highest BCUT2D eigenvalue weighted by molar-refractivity contribution is 5.98. The number of methoxy groups -OCH3 is 1. The van der Waals surface area contributed by atoms with Crippen molar-refractivity contribution >= 4 is 27.8 Å². The van der Waals surface area contributed by atoms with Gasteiger partial charge in [-0.15, -0.1) is 0 Å². The van der Waals surface area contributed by atoms with Crippen LogP contribution < -0.4 is 16.0 Å². The fourth-order valence-corrected chi connectivity index (χ4v) is 4.52. The summed E-state index contributed by atoms with van der Waals surface area (Å²) in [6.07, 6.45) is 3.13. The lowest BCUT2D eigenvalue weighted by Crippen LogP contribution is -2.28. The zero-order valence-corrected chi connectivity index (χ0v) is 19.1. The molecule has 35 heavy (non-hydrogen) atoms. The molecule has 0 saturated heterocycles. The van der Waals surface area contributed by atoms with E-state index in [0.29, 0.717) is 39.6 Å². The van der Waals surface area contributed by atoms with Crippen molar-refractivity contribution in [3.8, 4) is 17.0 Å². The molecule has 1 aliphatic rings. The normalized spacial score (nSPS) is 14.5. The fourth-order valence-electron chi connectivity index (χ4n) is 4.52. The second-order valence-electron chi connectivity index (χ2n) is 8.70. The van der Waals surface area contributed by atoms with E-state index in [1.54, 1.807) is 16.4 Å². The molecule has 0 spiro atoms. The van der Waals surface area contributed by atoms with Gasteiger partial charge in [-0.25, -0.2) is 24.0 Å². The first kappa shape index (κ1) is 21.2. The van der Waals surface area contributed by atoms with Crippen molar-refractivity contribution < 1.29 is 9.13 Å². The largest absolute Gasteiger partial charge is 0.497 e. The van der Waals surface area contributed by atoms with Gasteiger partial charge in [-0.05, 0) is 50.1 Å². The summed E-state index contributed by atoms with van der Waals surface area (Å²) in [7, 11) is 1.60. The number of nitrogens with two attached hydrogens (primary N) is 1. The van der Waals surface area contributed by atoms with Crippen LogP contribution in [0.5, 0.6) is 5.75 Å². The zero-order valence-electron chi connectivity index (χ0n) is 19.1. The number of halogens is 1. The van der Waals surface area contributed by atoms with Crippen LogP contribution in [0.25, 0.3) is 33.2 Å². The van der Waals surface area contributed by atoms with E-state index in [-0.39, 0.29) is 17.0 Å². The average Bonchev–Trinajstić information content (AvgIpc) is 3.63. The van der Waals surface area contributed by atoms with Gasteiger partial charge in [0, 0.05) is 11.6 Å². The summed E-state index contributed by atoms with van der Waals surface area (Å²) in [4.78, 5) is 26.8. The maximum Gasteiger partial charge on any atom is 0.261 e. The molecule has 3 aromatic heterocycles. The van der Waals surface area contributed by atoms with Gasteiger partial charge in [0.25, 0.3) is 5.56 Å². The minimum atomic E-state index is -0.465. The van der Waals surface area contributed by atoms with Crippen molar-refractivity contribution in [1.82, 2.24) is 29.3 Å². The predicted molar refractivity (Wildman–Crippen MR) is 130 cm³/mol. The minimum absolute atomic E-state index is 0.0273. The van der Waals surface area contributed by atoms with Gasteiger partial charge in [-0.1, -0.05) is 12.1 Å². The molecule has 1 fully saturated rings. The van der Waals surface area contributed by atoms with Crippen molar-refractivity contribution in [1.29, 1.82) is 0 Å². The van der Waals surface area contributed by atoms with Crippen LogP contribution in [0.4, 0.5) is 10.2 Å². The molecule has 6 rings (SSSR count). The van der Waals surface area contributed by atoms with Crippen molar-refractivity contribution in [2.45, 2.75) is 31.8 Å². The Bertz CT molecular complexity index is 1670. The van der Waals surface area contributed by atoms with Gasteiger partial charge in [0.2, 0.25) is 0 Å². The maximum absolute atomic E-state index is 13.9. The smallest absolute Gasteiger partial charge is 0.261 e. The van der Waals surface area contributed by atoms with Gasteiger partial charge in [0.15, 0.2) is 5.65 Å². The van der Waals surface area contributed by atoms with E-state index < -0.39 is 11.9 Å². The standard InChI is InChI=1S/C25H22FN7O2/c1-13(23-30-19-9-6-15(26)11-18(19)25(34)32(23)16-7-8-16)33-24-20(22(27)28-12-29-24)21(31-33)14-4-3-5-17(10-14)35-2/h3-6,9-13,16H,7-8H2,1-2H3,(H2,27,28,29). The van der Waals surface area contributed by atoms with Crippen LogP contribution in [0.1, 0.15) is 37.7 Å². The van der Waals surface area contributed by atoms with E-state index in [9.17, 15) is 9.18 Å². The summed E-state index contributed by atoms with van der Waals surface area (Å²) in [6.45, 7) is 1.91. The molecular formula is C25H22FN7O2. The Morgan fingerprint density at radius 3 is 2.77 bits per heavy atom.